The van der Waals surface area contributed by atoms with Crippen LogP contribution in [-0.2, 0) is 20.9 Å². The molecule has 2 aromatic carbocycles. The summed E-state index contributed by atoms with van der Waals surface area (Å²) in [6, 6.07) is 12.4. The van der Waals surface area contributed by atoms with E-state index in [4.69, 9.17) is 21.7 Å². The molecule has 7 nitrogen and oxygen atoms in total. The topological polar surface area (TPSA) is 84.9 Å². The minimum atomic E-state index is -0.392. The van der Waals surface area contributed by atoms with Crippen LogP contribution in [0.2, 0.25) is 0 Å². The van der Waals surface area contributed by atoms with Crippen molar-refractivity contribution >= 4 is 57.8 Å². The van der Waals surface area contributed by atoms with Gasteiger partial charge in [0.2, 0.25) is 0 Å². The van der Waals surface area contributed by atoms with Gasteiger partial charge in [-0.2, -0.15) is 0 Å². The molecule has 9 heteroatoms. The number of rotatable bonds is 4. The summed E-state index contributed by atoms with van der Waals surface area (Å²) in [6.45, 7) is 1.62. The number of esters is 1. The van der Waals surface area contributed by atoms with Crippen molar-refractivity contribution in [2.24, 2.45) is 0 Å². The first-order valence-electron chi connectivity index (χ1n) is 8.98. The van der Waals surface area contributed by atoms with Crippen LogP contribution in [0, 0.1) is 0 Å². The van der Waals surface area contributed by atoms with E-state index in [9.17, 15) is 14.4 Å². The number of nitrogens with zero attached hydrogens (tertiary/aromatic N) is 1. The Morgan fingerprint density at radius 2 is 2.03 bits per heavy atom. The summed E-state index contributed by atoms with van der Waals surface area (Å²) in [4.78, 5) is 37.7. The zero-order valence-electron chi connectivity index (χ0n) is 15.8. The zero-order chi connectivity index (χ0) is 21.3. The van der Waals surface area contributed by atoms with E-state index in [-0.39, 0.29) is 18.4 Å². The maximum Gasteiger partial charge on any atom is 0.308 e. The molecule has 0 saturated carbocycles. The SMILES string of the molecule is CC(=O)Oc1ccc(CN2C(=O)COc3ccc(C=C4SC(=S)NC4=O)cc32)cc1. The van der Waals surface area contributed by atoms with Gasteiger partial charge in [-0.1, -0.05) is 42.2 Å². The Balaban J connectivity index is 1.60. The van der Waals surface area contributed by atoms with Crippen LogP contribution >= 0.6 is 24.0 Å². The molecule has 30 heavy (non-hydrogen) atoms. The monoisotopic (exact) mass is 440 g/mol. The molecular formula is C21H16N2O5S2. The lowest BCUT2D eigenvalue weighted by molar-refractivity contribution is -0.132. The fourth-order valence-electron chi connectivity index (χ4n) is 3.07. The van der Waals surface area contributed by atoms with Gasteiger partial charge in [0.15, 0.2) is 6.61 Å². The predicted octanol–water partition coefficient (Wildman–Crippen LogP) is 3.03. The molecule has 0 bridgehead atoms. The number of thiocarbonyl (C=S) groups is 1. The third kappa shape index (κ3) is 4.37. The third-order valence-corrected chi connectivity index (χ3v) is 5.55. The molecule has 2 amide bonds. The normalized spacial score (nSPS) is 16.9. The number of carbonyl (C=O) groups is 3. The van der Waals surface area contributed by atoms with Crippen LogP contribution in [0.25, 0.3) is 6.08 Å². The summed E-state index contributed by atoms with van der Waals surface area (Å²) < 4.78 is 11.0. The van der Waals surface area contributed by atoms with E-state index in [1.54, 1.807) is 41.3 Å². The van der Waals surface area contributed by atoms with E-state index < -0.39 is 5.97 Å². The molecule has 1 N–H and O–H groups in total. The van der Waals surface area contributed by atoms with Gasteiger partial charge < -0.3 is 19.7 Å². The summed E-state index contributed by atoms with van der Waals surface area (Å²) in [5.74, 6) is 0.230. The largest absolute Gasteiger partial charge is 0.482 e. The Kier molecular flexibility index (Phi) is 5.56. The fourth-order valence-corrected chi connectivity index (χ4v) is 4.11. The average Bonchev–Trinajstić information content (AvgIpc) is 3.02. The highest BCUT2D eigenvalue weighted by Crippen LogP contribution is 2.35. The highest BCUT2D eigenvalue weighted by molar-refractivity contribution is 8.26. The van der Waals surface area contributed by atoms with Crippen molar-refractivity contribution in [3.05, 3.63) is 58.5 Å². The number of benzene rings is 2. The number of ether oxygens (including phenoxy) is 2. The lowest BCUT2D eigenvalue weighted by Gasteiger charge is -2.29. The zero-order valence-corrected chi connectivity index (χ0v) is 17.5. The molecule has 0 atom stereocenters. The van der Waals surface area contributed by atoms with Crippen molar-refractivity contribution < 1.29 is 23.9 Å². The molecule has 0 radical (unpaired) electrons. The fraction of sp³-hybridized carbons (Fsp3) is 0.143. The first kappa shape index (κ1) is 20.1. The molecule has 2 aliphatic rings. The molecule has 152 valence electrons. The van der Waals surface area contributed by atoms with Crippen LogP contribution in [0.3, 0.4) is 0 Å². The van der Waals surface area contributed by atoms with Gasteiger partial charge >= 0.3 is 5.97 Å². The van der Waals surface area contributed by atoms with Crippen molar-refractivity contribution in [3.63, 3.8) is 0 Å². The number of anilines is 1. The lowest BCUT2D eigenvalue weighted by atomic mass is 10.1. The second kappa shape index (κ2) is 8.29. The lowest BCUT2D eigenvalue weighted by Crippen LogP contribution is -2.38. The molecule has 2 aromatic rings. The highest BCUT2D eigenvalue weighted by Gasteiger charge is 2.27. The van der Waals surface area contributed by atoms with Gasteiger partial charge in [0, 0.05) is 6.92 Å². The van der Waals surface area contributed by atoms with Crippen molar-refractivity contribution in [2.75, 3.05) is 11.5 Å². The van der Waals surface area contributed by atoms with E-state index in [0.717, 1.165) is 11.1 Å². The van der Waals surface area contributed by atoms with Crippen molar-refractivity contribution in [3.8, 4) is 11.5 Å². The Labute approximate surface area is 182 Å². The molecule has 0 unspecified atom stereocenters. The summed E-state index contributed by atoms with van der Waals surface area (Å²) in [7, 11) is 0. The third-order valence-electron chi connectivity index (χ3n) is 4.39. The molecule has 2 heterocycles. The van der Waals surface area contributed by atoms with Gasteiger partial charge in [-0.25, -0.2) is 0 Å². The summed E-state index contributed by atoms with van der Waals surface area (Å²) in [6.07, 6.45) is 1.73. The van der Waals surface area contributed by atoms with Gasteiger partial charge in [-0.05, 0) is 41.5 Å². The van der Waals surface area contributed by atoms with Crippen LogP contribution in [0.5, 0.6) is 11.5 Å². The van der Waals surface area contributed by atoms with Crippen LogP contribution in [0.15, 0.2) is 47.4 Å². The van der Waals surface area contributed by atoms with Crippen molar-refractivity contribution in [2.45, 2.75) is 13.5 Å². The Morgan fingerprint density at radius 1 is 1.27 bits per heavy atom. The van der Waals surface area contributed by atoms with E-state index in [0.29, 0.717) is 33.0 Å². The van der Waals surface area contributed by atoms with Gasteiger partial charge in [0.25, 0.3) is 11.8 Å². The number of thioether (sulfide) groups is 1. The van der Waals surface area contributed by atoms with Gasteiger partial charge in [0.05, 0.1) is 17.1 Å². The highest BCUT2D eigenvalue weighted by atomic mass is 32.2. The standard InChI is InChI=1S/C21H16N2O5S2/c1-12(24)28-15-5-2-13(3-6-15)10-23-16-8-14(4-7-17(16)27-11-19(23)25)9-18-20(26)22-21(29)30-18/h2-9H,10-11H2,1H3,(H,22,26,29). The molecule has 2 aliphatic heterocycles. The first-order chi connectivity index (χ1) is 14.4. The molecule has 0 aliphatic carbocycles. The second-order valence-corrected chi connectivity index (χ2v) is 8.30. The summed E-state index contributed by atoms with van der Waals surface area (Å²) >= 11 is 6.22. The Bertz CT molecular complexity index is 1100. The smallest absolute Gasteiger partial charge is 0.308 e. The molecule has 1 saturated heterocycles. The minimum Gasteiger partial charge on any atom is -0.482 e. The number of amides is 2. The van der Waals surface area contributed by atoms with Crippen LogP contribution < -0.4 is 19.7 Å². The first-order valence-corrected chi connectivity index (χ1v) is 10.2. The molecular weight excluding hydrogens is 424 g/mol. The molecule has 0 spiro atoms. The quantitative estimate of drug-likeness (QED) is 0.339. The maximum atomic E-state index is 12.6. The number of carbonyl (C=O) groups excluding carboxylic acids is 3. The number of nitrogens with one attached hydrogen (secondary N) is 1. The molecule has 0 aromatic heterocycles. The van der Waals surface area contributed by atoms with Gasteiger partial charge in [-0.3, -0.25) is 14.4 Å². The minimum absolute atomic E-state index is 0.0501. The van der Waals surface area contributed by atoms with E-state index >= 15 is 0 Å². The maximum absolute atomic E-state index is 12.6. The van der Waals surface area contributed by atoms with E-state index in [1.165, 1.54) is 18.7 Å². The number of fused-ring (bicyclic) bond motifs is 1. The Morgan fingerprint density at radius 3 is 2.70 bits per heavy atom. The Hall–Kier alpha value is -3.17. The number of hydrogen-bond donors (Lipinski definition) is 1. The van der Waals surface area contributed by atoms with Crippen LogP contribution in [0.4, 0.5) is 5.69 Å². The van der Waals surface area contributed by atoms with Gasteiger partial charge in [0.1, 0.15) is 15.8 Å². The van der Waals surface area contributed by atoms with Crippen molar-refractivity contribution in [1.82, 2.24) is 5.32 Å². The number of hydrogen-bond acceptors (Lipinski definition) is 7. The second-order valence-electron chi connectivity index (χ2n) is 6.59. The van der Waals surface area contributed by atoms with Crippen molar-refractivity contribution in [1.29, 1.82) is 0 Å². The summed E-state index contributed by atoms with van der Waals surface area (Å²) in [5.41, 5.74) is 2.24. The molecule has 1 fully saturated rings. The van der Waals surface area contributed by atoms with E-state index in [1.807, 2.05) is 12.1 Å². The predicted molar refractivity (Wildman–Crippen MR) is 117 cm³/mol. The van der Waals surface area contributed by atoms with E-state index in [2.05, 4.69) is 5.32 Å². The van der Waals surface area contributed by atoms with Gasteiger partial charge in [-0.15, -0.1) is 0 Å². The van der Waals surface area contributed by atoms with Crippen LogP contribution in [0.1, 0.15) is 18.1 Å². The average molecular weight is 441 g/mol. The van der Waals surface area contributed by atoms with Crippen LogP contribution in [-0.4, -0.2) is 28.7 Å². The summed E-state index contributed by atoms with van der Waals surface area (Å²) in [5, 5.41) is 2.58. The molecule has 4 rings (SSSR count).